The van der Waals surface area contributed by atoms with Crippen LogP contribution in [0.1, 0.15) is 13.3 Å². The van der Waals surface area contributed by atoms with Crippen LogP contribution in [0.15, 0.2) is 47.4 Å². The average Bonchev–Trinajstić information content (AvgIpc) is 3.15. The molecule has 2 heterocycles. The van der Waals surface area contributed by atoms with Crippen LogP contribution in [0.25, 0.3) is 11.4 Å². The number of aromatic nitrogens is 4. The number of methoxy groups -OCH3 is 2. The summed E-state index contributed by atoms with van der Waals surface area (Å²) in [7, 11) is 3.15. The van der Waals surface area contributed by atoms with E-state index in [9.17, 15) is 4.79 Å². The van der Waals surface area contributed by atoms with E-state index in [1.165, 1.54) is 4.80 Å². The molecule has 0 unspecified atom stereocenters. The highest BCUT2D eigenvalue weighted by Crippen LogP contribution is 2.37. The van der Waals surface area contributed by atoms with Gasteiger partial charge in [-0.25, -0.2) is 0 Å². The van der Waals surface area contributed by atoms with Gasteiger partial charge in [-0.2, -0.15) is 4.80 Å². The molecule has 0 saturated heterocycles. The van der Waals surface area contributed by atoms with Gasteiger partial charge >= 0.3 is 0 Å². The summed E-state index contributed by atoms with van der Waals surface area (Å²) in [5, 5.41) is 13.0. The lowest BCUT2D eigenvalue weighted by atomic mass is 10.2. The molecule has 8 nitrogen and oxygen atoms in total. The molecule has 156 valence electrons. The fraction of sp³-hybridized carbons (Fsp3) is 0.333. The van der Waals surface area contributed by atoms with Crippen molar-refractivity contribution in [3.8, 4) is 22.9 Å². The molecule has 1 aromatic heterocycles. The van der Waals surface area contributed by atoms with Gasteiger partial charge in [-0.1, -0.05) is 19.1 Å². The van der Waals surface area contributed by atoms with E-state index in [2.05, 4.69) is 28.4 Å². The molecule has 2 aromatic carbocycles. The van der Waals surface area contributed by atoms with Crippen molar-refractivity contribution in [1.29, 1.82) is 0 Å². The predicted octanol–water partition coefficient (Wildman–Crippen LogP) is 3.27. The third-order valence-electron chi connectivity index (χ3n) is 4.92. The van der Waals surface area contributed by atoms with Crippen molar-refractivity contribution in [2.45, 2.75) is 30.0 Å². The van der Waals surface area contributed by atoms with Gasteiger partial charge in [0, 0.05) is 22.3 Å². The molecule has 0 aliphatic carbocycles. The maximum Gasteiger partial charge on any atom is 0.250 e. The van der Waals surface area contributed by atoms with Gasteiger partial charge in [0.2, 0.25) is 5.82 Å². The number of tetrazole rings is 1. The summed E-state index contributed by atoms with van der Waals surface area (Å²) in [6.45, 7) is 2.87. The van der Waals surface area contributed by atoms with Crippen LogP contribution >= 0.6 is 11.8 Å². The monoisotopic (exact) mass is 425 g/mol. The maximum atomic E-state index is 13.1. The minimum absolute atomic E-state index is 0.0215. The molecule has 1 amide bonds. The van der Waals surface area contributed by atoms with Crippen LogP contribution in [0, 0.1) is 0 Å². The highest BCUT2D eigenvalue weighted by atomic mass is 32.2. The molecular weight excluding hydrogens is 402 g/mol. The molecule has 0 radical (unpaired) electrons. The minimum atomic E-state index is -0.0617. The first-order chi connectivity index (χ1) is 14.6. The van der Waals surface area contributed by atoms with Crippen LogP contribution in [0.3, 0.4) is 0 Å². The van der Waals surface area contributed by atoms with Crippen molar-refractivity contribution in [2.75, 3.05) is 25.7 Å². The Hall–Kier alpha value is -3.07. The molecule has 0 fully saturated rings. The zero-order valence-electron chi connectivity index (χ0n) is 17.1. The fourth-order valence-electron chi connectivity index (χ4n) is 3.35. The maximum absolute atomic E-state index is 13.1. The van der Waals surface area contributed by atoms with Crippen molar-refractivity contribution in [1.82, 2.24) is 20.2 Å². The molecule has 1 aliphatic rings. The second kappa shape index (κ2) is 8.74. The number of thioether (sulfide) groups is 1. The molecule has 0 saturated carbocycles. The SMILES string of the molecule is COc1ccc(-c2nnn(CC(=O)N3CC[C@H](C)Sc4ccccc43)n2)cc1OC. The van der Waals surface area contributed by atoms with E-state index in [-0.39, 0.29) is 12.5 Å². The number of benzene rings is 2. The van der Waals surface area contributed by atoms with Gasteiger partial charge in [0.25, 0.3) is 5.91 Å². The summed E-state index contributed by atoms with van der Waals surface area (Å²) in [6.07, 6.45) is 0.923. The summed E-state index contributed by atoms with van der Waals surface area (Å²) in [5.41, 5.74) is 1.67. The number of carbonyl (C=O) groups excluding carboxylic acids is 1. The molecule has 0 spiro atoms. The number of rotatable bonds is 5. The lowest BCUT2D eigenvalue weighted by Crippen LogP contribution is -2.35. The topological polar surface area (TPSA) is 82.4 Å². The second-order valence-corrected chi connectivity index (χ2v) is 8.42. The van der Waals surface area contributed by atoms with Gasteiger partial charge in [-0.05, 0) is 42.0 Å². The van der Waals surface area contributed by atoms with Crippen LogP contribution in [0.5, 0.6) is 11.5 Å². The number of fused-ring (bicyclic) bond motifs is 1. The Balaban J connectivity index is 1.54. The molecule has 0 N–H and O–H groups in total. The zero-order valence-corrected chi connectivity index (χ0v) is 17.9. The Morgan fingerprint density at radius 1 is 1.17 bits per heavy atom. The quantitative estimate of drug-likeness (QED) is 0.620. The second-order valence-electron chi connectivity index (χ2n) is 6.94. The van der Waals surface area contributed by atoms with Crippen molar-refractivity contribution in [3.05, 3.63) is 42.5 Å². The van der Waals surface area contributed by atoms with E-state index in [1.807, 2.05) is 29.2 Å². The van der Waals surface area contributed by atoms with Gasteiger partial charge in [-0.3, -0.25) is 4.79 Å². The highest BCUT2D eigenvalue weighted by Gasteiger charge is 2.25. The summed E-state index contributed by atoms with van der Waals surface area (Å²) in [5.74, 6) is 1.56. The lowest BCUT2D eigenvalue weighted by Gasteiger charge is -2.22. The van der Waals surface area contributed by atoms with Gasteiger partial charge in [0.05, 0.1) is 19.9 Å². The van der Waals surface area contributed by atoms with E-state index < -0.39 is 0 Å². The Morgan fingerprint density at radius 3 is 2.77 bits per heavy atom. The number of carbonyl (C=O) groups is 1. The Kier molecular flexibility index (Phi) is 5.89. The van der Waals surface area contributed by atoms with Gasteiger partial charge in [0.1, 0.15) is 6.54 Å². The Labute approximate surface area is 179 Å². The first kappa shape index (κ1) is 20.2. The van der Waals surface area contributed by atoms with Crippen LogP contribution in [0.4, 0.5) is 5.69 Å². The summed E-state index contributed by atoms with van der Waals surface area (Å²) >= 11 is 1.80. The minimum Gasteiger partial charge on any atom is -0.493 e. The third kappa shape index (κ3) is 4.11. The van der Waals surface area contributed by atoms with Gasteiger partial charge in [-0.15, -0.1) is 22.0 Å². The van der Waals surface area contributed by atoms with Crippen molar-refractivity contribution in [3.63, 3.8) is 0 Å². The molecule has 30 heavy (non-hydrogen) atoms. The first-order valence-corrected chi connectivity index (χ1v) is 10.5. The summed E-state index contributed by atoms with van der Waals surface area (Å²) in [6, 6.07) is 13.4. The van der Waals surface area contributed by atoms with Crippen LogP contribution in [-0.4, -0.2) is 52.1 Å². The zero-order chi connectivity index (χ0) is 21.1. The molecule has 0 bridgehead atoms. The van der Waals surface area contributed by atoms with Gasteiger partial charge in [0.15, 0.2) is 11.5 Å². The Morgan fingerprint density at radius 2 is 1.97 bits per heavy atom. The molecular formula is C21H23N5O3S. The van der Waals surface area contributed by atoms with Crippen LogP contribution in [-0.2, 0) is 11.3 Å². The number of hydrogen-bond acceptors (Lipinski definition) is 7. The normalized spacial score (nSPS) is 16.0. The van der Waals surface area contributed by atoms with E-state index in [1.54, 1.807) is 38.1 Å². The number of anilines is 1. The summed E-state index contributed by atoms with van der Waals surface area (Å²) in [4.78, 5) is 17.3. The number of amides is 1. The van der Waals surface area contributed by atoms with Crippen molar-refractivity contribution in [2.24, 2.45) is 0 Å². The number of nitrogens with zero attached hydrogens (tertiary/aromatic N) is 5. The largest absolute Gasteiger partial charge is 0.493 e. The molecule has 1 atom stereocenters. The lowest BCUT2D eigenvalue weighted by molar-refractivity contribution is -0.119. The van der Waals surface area contributed by atoms with Crippen molar-refractivity contribution < 1.29 is 14.3 Å². The average molecular weight is 426 g/mol. The van der Waals surface area contributed by atoms with Gasteiger partial charge < -0.3 is 14.4 Å². The fourth-order valence-corrected chi connectivity index (χ4v) is 4.47. The van der Waals surface area contributed by atoms with E-state index in [0.717, 1.165) is 22.6 Å². The van der Waals surface area contributed by atoms with E-state index in [0.29, 0.717) is 29.1 Å². The third-order valence-corrected chi connectivity index (χ3v) is 6.15. The molecule has 4 rings (SSSR count). The Bertz CT molecular complexity index is 1050. The van der Waals surface area contributed by atoms with Crippen LogP contribution in [0.2, 0.25) is 0 Å². The van der Waals surface area contributed by atoms with E-state index in [4.69, 9.17) is 9.47 Å². The number of ether oxygens (including phenoxy) is 2. The number of hydrogen-bond donors (Lipinski definition) is 0. The number of para-hydroxylation sites is 1. The summed E-state index contributed by atoms with van der Waals surface area (Å²) < 4.78 is 10.6. The van der Waals surface area contributed by atoms with Crippen LogP contribution < -0.4 is 14.4 Å². The van der Waals surface area contributed by atoms with E-state index >= 15 is 0 Å². The molecule has 3 aromatic rings. The first-order valence-electron chi connectivity index (χ1n) is 9.65. The van der Waals surface area contributed by atoms with Crippen molar-refractivity contribution >= 4 is 23.4 Å². The highest BCUT2D eigenvalue weighted by molar-refractivity contribution is 8.00. The molecule has 1 aliphatic heterocycles. The standard InChI is InChI=1S/C21H23N5O3S/c1-14-10-11-25(16-6-4-5-7-19(16)30-14)20(27)13-26-23-21(22-24-26)15-8-9-17(28-2)18(12-15)29-3/h4-9,12,14H,10-11,13H2,1-3H3/t14-/m0/s1. The molecule has 9 heteroatoms. The predicted molar refractivity (Wildman–Crippen MR) is 115 cm³/mol. The smallest absolute Gasteiger partial charge is 0.250 e.